The van der Waals surface area contributed by atoms with E-state index in [9.17, 15) is 41.1 Å². The third-order valence-corrected chi connectivity index (χ3v) is 19.7. The highest BCUT2D eigenvalue weighted by Crippen LogP contribution is 2.45. The van der Waals surface area contributed by atoms with Gasteiger partial charge in [-0.05, 0) is 243 Å². The summed E-state index contributed by atoms with van der Waals surface area (Å²) in [5.41, 5.74) is -17.8. The molecule has 0 fully saturated rings. The summed E-state index contributed by atoms with van der Waals surface area (Å²) >= 11 is 0. The number of fused-ring (bicyclic) bond motifs is 6. The van der Waals surface area contributed by atoms with Crippen molar-refractivity contribution in [3.8, 4) is 111 Å². The maximum Gasteiger partial charge on any atom is 0.0645 e. The van der Waals surface area contributed by atoms with Gasteiger partial charge in [-0.3, -0.25) is 0 Å². The predicted octanol–water partition coefficient (Wildman–Crippen LogP) is 33.3. The molecule has 2 aromatic heterocycles. The van der Waals surface area contributed by atoms with Crippen molar-refractivity contribution in [3.05, 3.63) is 519 Å². The van der Waals surface area contributed by atoms with E-state index >= 15 is 0 Å². The fourth-order valence-electron chi connectivity index (χ4n) is 13.9. The van der Waals surface area contributed by atoms with Crippen LogP contribution >= 0.6 is 0 Å². The number of hydrogen-bond acceptors (Lipinski definition) is 2. The van der Waals surface area contributed by atoms with Crippen molar-refractivity contribution in [2.45, 2.75) is 13.1 Å². The Morgan fingerprint density at radius 3 is 1.06 bits per heavy atom. The van der Waals surface area contributed by atoms with Gasteiger partial charge in [-0.15, -0.1) is 0 Å². The molecule has 0 aliphatic carbocycles. The van der Waals surface area contributed by atoms with Gasteiger partial charge in [0.1, 0.15) is 0 Å². The van der Waals surface area contributed by atoms with Crippen LogP contribution in [-0.2, 0) is 13.1 Å². The van der Waals surface area contributed by atoms with E-state index in [4.69, 9.17) is 49.3 Å². The van der Waals surface area contributed by atoms with Gasteiger partial charge in [0.15, 0.2) is 0 Å². The summed E-state index contributed by atoms with van der Waals surface area (Å²) in [6.45, 7) is -0.600. The number of hydrogen-bond donors (Lipinski definition) is 0. The Balaban J connectivity index is 0.000000216. The third-order valence-electron chi connectivity index (χ3n) is 19.7. The Labute approximate surface area is 829 Å². The number of nitrogens with zero attached hydrogens (tertiary/aromatic N) is 4. The molecule has 0 aliphatic rings. The van der Waals surface area contributed by atoms with Crippen LogP contribution in [0, 0.1) is 0 Å². The highest BCUT2D eigenvalue weighted by atomic mass is 15.1. The first kappa shape index (κ1) is 33.8. The van der Waals surface area contributed by atoms with Crippen LogP contribution in [-0.4, -0.2) is 9.13 Å². The minimum absolute atomic E-state index is 0.188. The summed E-state index contributed by atoms with van der Waals surface area (Å²) in [4.78, 5) is 0.698. The number of rotatable bonds is 20. The van der Waals surface area contributed by atoms with Crippen molar-refractivity contribution in [2.75, 3.05) is 9.80 Å². The Bertz CT molecular complexity index is 11700. The van der Waals surface area contributed by atoms with Gasteiger partial charge in [-0.2, -0.15) is 0 Å². The molecule has 0 unspecified atom stereocenters. The summed E-state index contributed by atoms with van der Waals surface area (Å²) in [5.74, 6) is 0. The Hall–Kier alpha value is -16.4. The van der Waals surface area contributed by atoms with Crippen molar-refractivity contribution < 1.29 is 90.5 Å². The average Bonchev–Trinajstić information content (AvgIpc) is 1.55. The van der Waals surface area contributed by atoms with Crippen LogP contribution in [0.4, 0.5) is 34.1 Å². The summed E-state index contributed by atoms with van der Waals surface area (Å²) < 4.78 is 601. The van der Waals surface area contributed by atoms with Crippen LogP contribution in [0.15, 0.2) is 508 Å². The van der Waals surface area contributed by atoms with E-state index in [1.807, 2.05) is 72.8 Å². The fraction of sp³-hybridized carbons (Fsp3) is 0.0164. The molecule has 0 saturated heterocycles. The van der Waals surface area contributed by atoms with Crippen molar-refractivity contribution in [1.82, 2.24) is 9.13 Å². The molecule has 0 spiro atoms. The maximum atomic E-state index is 9.92. The fourth-order valence-corrected chi connectivity index (χ4v) is 13.9. The number of aromatic nitrogens is 2. The molecule has 0 amide bonds. The molecule has 4 nitrogen and oxygen atoms in total. The van der Waals surface area contributed by atoms with E-state index in [0.717, 1.165) is 49.8 Å². The molecule has 0 atom stereocenters. The third kappa shape index (κ3) is 15.9. The molecule has 0 aliphatic heterocycles. The normalized spacial score (nSPS) is 18.6. The zero-order valence-electron chi connectivity index (χ0n) is 131. The van der Waals surface area contributed by atoms with Crippen LogP contribution in [0.2, 0.25) is 0 Å². The van der Waals surface area contributed by atoms with Crippen LogP contribution in [0.25, 0.3) is 155 Å². The van der Waals surface area contributed by atoms with Gasteiger partial charge in [-0.25, -0.2) is 0 Å². The zero-order valence-corrected chi connectivity index (χ0v) is 64.6. The number of anilines is 6. The molecule has 22 aromatic rings. The minimum atomic E-state index is -1.43. The molecular formula is C122H88N4. The Kier molecular flexibility index (Phi) is 9.38. The summed E-state index contributed by atoms with van der Waals surface area (Å²) in [7, 11) is 0. The van der Waals surface area contributed by atoms with E-state index in [2.05, 4.69) is 10.6 Å². The molecule has 596 valence electrons. The summed E-state index contributed by atoms with van der Waals surface area (Å²) in [6, 6.07) is -36.1. The molecule has 0 radical (unpaired) electrons. The van der Waals surface area contributed by atoms with Crippen molar-refractivity contribution in [3.63, 3.8) is 0 Å². The lowest BCUT2D eigenvalue weighted by molar-refractivity contribution is 0.869. The Morgan fingerprint density at radius 1 is 0.175 bits per heavy atom. The lowest BCUT2D eigenvalue weighted by Gasteiger charge is -2.26. The van der Waals surface area contributed by atoms with E-state index in [1.165, 1.54) is 0 Å². The lowest BCUT2D eigenvalue weighted by Crippen LogP contribution is -2.09. The van der Waals surface area contributed by atoms with Gasteiger partial charge in [0, 0.05) is 90.8 Å². The minimum Gasteiger partial charge on any atom is -0.336 e. The van der Waals surface area contributed by atoms with Crippen LogP contribution in [0.3, 0.4) is 0 Å². The van der Waals surface area contributed by atoms with E-state index in [0.29, 0.717) is 16.8 Å². The van der Waals surface area contributed by atoms with Crippen LogP contribution < -0.4 is 9.80 Å². The maximum absolute atomic E-state index is 9.92. The van der Waals surface area contributed by atoms with Gasteiger partial charge in [0.25, 0.3) is 0 Å². The van der Waals surface area contributed by atoms with Gasteiger partial charge >= 0.3 is 0 Å². The quantitative estimate of drug-likeness (QED) is 0.0756. The monoisotopic (exact) mass is 1680 g/mol. The molecule has 20 aromatic carbocycles. The molecule has 2 heterocycles. The van der Waals surface area contributed by atoms with Crippen LogP contribution in [0.5, 0.6) is 0 Å². The van der Waals surface area contributed by atoms with Crippen molar-refractivity contribution in [1.29, 1.82) is 0 Å². The zero-order chi connectivity index (χ0) is 141. The molecule has 4 heteroatoms. The molecule has 0 saturated carbocycles. The second-order valence-electron chi connectivity index (χ2n) is 27.2. The number of benzene rings is 20. The molecule has 0 N–H and O–H groups in total. The Morgan fingerprint density at radius 2 is 0.532 bits per heavy atom. The topological polar surface area (TPSA) is 16.3 Å². The highest BCUT2D eigenvalue weighted by Gasteiger charge is 2.21. The average molecular weight is 1680 g/mol. The lowest BCUT2D eigenvalue weighted by atomic mass is 9.94. The second kappa shape index (κ2) is 35.0. The van der Waals surface area contributed by atoms with E-state index in [-0.39, 0.29) is 16.0 Å². The first-order chi connectivity index (χ1) is 89.9. The smallest absolute Gasteiger partial charge is 0.0645 e. The first-order valence-electron chi connectivity index (χ1n) is 71.0. The van der Waals surface area contributed by atoms with E-state index < -0.39 is 556 Å². The highest BCUT2D eigenvalue weighted by molar-refractivity contribution is 6.11. The van der Waals surface area contributed by atoms with Crippen molar-refractivity contribution in [2.24, 2.45) is 0 Å². The van der Waals surface area contributed by atoms with Gasteiger partial charge in [0.05, 0.1) is 90.5 Å². The summed E-state index contributed by atoms with van der Waals surface area (Å²) in [5, 5.41) is 0.106. The summed E-state index contributed by atoms with van der Waals surface area (Å²) in [6.07, 6.45) is 0. The number of para-hydroxylation sites is 2. The van der Waals surface area contributed by atoms with Gasteiger partial charge < -0.3 is 18.9 Å². The SMILES string of the molecule is [2H]c1cc(-c2c([2H])c([2H])c(N(c3c([2H])c([2H])c(-c4c([2H])c([2H])c([2H])c([2H])c4-c4c([2H])c([2H])c([2H])c([2H])c4[2H])c([2H])c3[2H])c3c([2H])c([2H])c(-c4c([2H])c([2H])c5c(c4[2H])c4c([2H])c([2H])c([2H])c([2H])c4n5Cc4c([2H])c([2H])c([2H])c(-c5c([2H])c([2H])c([2H])c([2H])c5[2H])c4[2H])c([2H])c3[2H])c([2H])c2[2H])c([2H])c([2H])c1[2H].[2H]c1cc(-c2c([2H])c([2H])c(N(c3c([2H])c([2H])c(-c4ccc5c(c4)c4ccccc4n5Cc4cccc(-c5ccccc5)c4)c([2H])c3[2H])c3c([2H])c([2H])c(-c4c([2H])c([2H])c([2H])c([2H])c4-c4c([2H])c([2H])c([2H])c([2H])c4[2H])c([2H])c3[2H])c([2H])c2[2H])c([2H])c([2H])c1[2H]. The van der Waals surface area contributed by atoms with Crippen molar-refractivity contribution >= 4 is 77.7 Å². The van der Waals surface area contributed by atoms with Gasteiger partial charge in [0.2, 0.25) is 0 Å². The molecule has 126 heavy (non-hydrogen) atoms. The van der Waals surface area contributed by atoms with E-state index in [1.54, 1.807) is 18.2 Å². The largest absolute Gasteiger partial charge is 0.336 e. The van der Waals surface area contributed by atoms with Crippen LogP contribution in [0.1, 0.15) is 102 Å². The molecule has 22 rings (SSSR count). The second-order valence-corrected chi connectivity index (χ2v) is 27.2. The molecular weight excluding hydrogens is 1520 g/mol. The standard InChI is InChI=1S/2C61H44N2/c2*1-4-16-45(17-5-1)47-27-34-53(35-28-47)63(55-38-31-50(32-39-55)57-24-11-10-23-56(57)49-20-8-3-9-21-49)54-36-29-48(30-37-54)52-33-40-61-59(42-52)58-25-12-13-26-60(58)62(61)43-44-15-14-22-51(41-44)46-18-6-2-7-19-46/h2*1-42H,43H2/i1D,2D,3D,4D,5D,6D,7D,8D,9D,10D,11D,12D,13D,14D,15D,16D,18D,19D,20D,21D,22D,23D,24D,25D,26D,27D,28D,29D,30D,31D,32D,33D,34D,35D,36D,37D,38D,39D,40D,41D,42D;1D,3D,4D,5D,8D,9D,10D,11D,16D,20D,21D,23D,24D,27D,28D,29D,30D,31D,32D,34D,35D,36D,37D,38D,39D. The first-order valence-corrected chi connectivity index (χ1v) is 38.0. The van der Waals surface area contributed by atoms with Gasteiger partial charge in [-0.1, -0.05) is 387 Å². The molecule has 0 bridgehead atoms. The predicted molar refractivity (Wildman–Crippen MR) is 534 cm³/mol.